The van der Waals surface area contributed by atoms with Crippen LogP contribution in [0.2, 0.25) is 0 Å². The third-order valence-corrected chi connectivity index (χ3v) is 2.86. The summed E-state index contributed by atoms with van der Waals surface area (Å²) in [7, 11) is 0. The topological polar surface area (TPSA) is 41.1 Å². The molecule has 1 aliphatic rings. The van der Waals surface area contributed by atoms with E-state index < -0.39 is 0 Å². The molecule has 1 fully saturated rings. The average Bonchev–Trinajstić information content (AvgIpc) is 3.07. The second-order valence-corrected chi connectivity index (χ2v) is 4.61. The highest BCUT2D eigenvalue weighted by atomic mass is 19.1. The molecule has 0 heterocycles. The number of carbonyl (C=O) groups is 1. The van der Waals surface area contributed by atoms with Gasteiger partial charge in [-0.15, -0.1) is 0 Å². The van der Waals surface area contributed by atoms with Gasteiger partial charge in [-0.05, 0) is 50.5 Å². The summed E-state index contributed by atoms with van der Waals surface area (Å²) in [6.07, 6.45) is 2.15. The smallest absolute Gasteiger partial charge is 0.242 e. The predicted molar refractivity (Wildman–Crippen MR) is 65.4 cm³/mol. The molecule has 1 unspecified atom stereocenters. The maximum absolute atomic E-state index is 13.1. The van der Waals surface area contributed by atoms with Crippen LogP contribution >= 0.6 is 0 Å². The minimum Gasteiger partial charge on any atom is -0.374 e. The highest BCUT2D eigenvalue weighted by molar-refractivity contribution is 5.84. The van der Waals surface area contributed by atoms with E-state index in [9.17, 15) is 9.18 Å². The van der Waals surface area contributed by atoms with Gasteiger partial charge in [0, 0.05) is 11.7 Å². The van der Waals surface area contributed by atoms with E-state index in [-0.39, 0.29) is 17.8 Å². The number of carbonyl (C=O) groups excluding carboxylic acids is 1. The van der Waals surface area contributed by atoms with Crippen LogP contribution in [0.4, 0.5) is 10.1 Å². The van der Waals surface area contributed by atoms with Gasteiger partial charge in [0.1, 0.15) is 11.9 Å². The van der Waals surface area contributed by atoms with E-state index in [1.807, 2.05) is 0 Å². The third-order valence-electron chi connectivity index (χ3n) is 2.86. The van der Waals surface area contributed by atoms with Crippen LogP contribution in [-0.4, -0.2) is 18.0 Å². The van der Waals surface area contributed by atoms with Crippen molar-refractivity contribution in [2.45, 2.75) is 38.8 Å². The molecule has 1 saturated carbocycles. The van der Waals surface area contributed by atoms with Crippen molar-refractivity contribution in [3.8, 4) is 0 Å². The molecular formula is C13H17FN2O. The van der Waals surface area contributed by atoms with Crippen LogP contribution in [0.25, 0.3) is 0 Å². The molecule has 2 N–H and O–H groups in total. The zero-order valence-corrected chi connectivity index (χ0v) is 10.1. The Hall–Kier alpha value is -1.58. The maximum Gasteiger partial charge on any atom is 0.242 e. The Bertz CT molecular complexity index is 429. The SMILES string of the molecule is Cc1cc(NC(C)C(=O)NC2CC2)ccc1F. The lowest BCUT2D eigenvalue weighted by Gasteiger charge is -2.15. The normalized spacial score (nSPS) is 16.4. The molecule has 0 spiro atoms. The number of nitrogens with one attached hydrogen (secondary N) is 2. The van der Waals surface area contributed by atoms with Crippen LogP contribution < -0.4 is 10.6 Å². The molecule has 0 saturated heterocycles. The van der Waals surface area contributed by atoms with Crippen LogP contribution in [0.1, 0.15) is 25.3 Å². The molecule has 1 aliphatic carbocycles. The molecule has 4 heteroatoms. The molecule has 0 aliphatic heterocycles. The Kier molecular flexibility index (Phi) is 3.31. The fourth-order valence-electron chi connectivity index (χ4n) is 1.60. The van der Waals surface area contributed by atoms with Gasteiger partial charge < -0.3 is 10.6 Å². The summed E-state index contributed by atoms with van der Waals surface area (Å²) in [5.74, 6) is -0.236. The van der Waals surface area contributed by atoms with Crippen molar-refractivity contribution < 1.29 is 9.18 Å². The van der Waals surface area contributed by atoms with E-state index >= 15 is 0 Å². The summed E-state index contributed by atoms with van der Waals surface area (Å²) in [4.78, 5) is 11.7. The van der Waals surface area contributed by atoms with Gasteiger partial charge in [0.15, 0.2) is 0 Å². The molecule has 1 amide bonds. The van der Waals surface area contributed by atoms with E-state index in [0.717, 1.165) is 18.5 Å². The van der Waals surface area contributed by atoms with Crippen LogP contribution in [0.3, 0.4) is 0 Å². The summed E-state index contributed by atoms with van der Waals surface area (Å²) in [5.41, 5.74) is 1.34. The summed E-state index contributed by atoms with van der Waals surface area (Å²) >= 11 is 0. The van der Waals surface area contributed by atoms with Crippen LogP contribution in [0, 0.1) is 12.7 Å². The standard InChI is InChI=1S/C13H17FN2O/c1-8-7-11(5-6-12(8)14)15-9(2)13(17)16-10-3-4-10/h5-7,9-10,15H,3-4H2,1-2H3,(H,16,17). The quantitative estimate of drug-likeness (QED) is 0.841. The van der Waals surface area contributed by atoms with Crippen LogP contribution in [-0.2, 0) is 4.79 Å². The van der Waals surface area contributed by atoms with Gasteiger partial charge in [-0.2, -0.15) is 0 Å². The first kappa shape index (κ1) is 11.9. The Morgan fingerprint density at radius 2 is 2.18 bits per heavy atom. The lowest BCUT2D eigenvalue weighted by molar-refractivity contribution is -0.121. The van der Waals surface area contributed by atoms with Crippen molar-refractivity contribution in [2.24, 2.45) is 0 Å². The number of hydrogen-bond acceptors (Lipinski definition) is 2. The third kappa shape index (κ3) is 3.19. The second-order valence-electron chi connectivity index (χ2n) is 4.61. The Morgan fingerprint density at radius 1 is 1.47 bits per heavy atom. The summed E-state index contributed by atoms with van der Waals surface area (Å²) < 4.78 is 13.1. The Balaban J connectivity index is 1.94. The molecular weight excluding hydrogens is 219 g/mol. The molecule has 92 valence electrons. The summed E-state index contributed by atoms with van der Waals surface area (Å²) in [5, 5.41) is 5.99. The van der Waals surface area contributed by atoms with Crippen molar-refractivity contribution in [1.82, 2.24) is 5.32 Å². The number of benzene rings is 1. The van der Waals surface area contributed by atoms with E-state index in [0.29, 0.717) is 11.6 Å². The molecule has 17 heavy (non-hydrogen) atoms. The molecule has 3 nitrogen and oxygen atoms in total. The van der Waals surface area contributed by atoms with Gasteiger partial charge in [-0.3, -0.25) is 4.79 Å². The van der Waals surface area contributed by atoms with E-state index in [2.05, 4.69) is 10.6 Å². The first-order valence-corrected chi connectivity index (χ1v) is 5.89. The molecule has 1 aromatic carbocycles. The molecule has 0 aromatic heterocycles. The number of halogens is 1. The van der Waals surface area contributed by atoms with Crippen molar-refractivity contribution in [3.63, 3.8) is 0 Å². The Labute approximate surface area is 100 Å². The fourth-order valence-corrected chi connectivity index (χ4v) is 1.60. The van der Waals surface area contributed by atoms with Crippen molar-refractivity contribution >= 4 is 11.6 Å². The number of rotatable bonds is 4. The van der Waals surface area contributed by atoms with Crippen LogP contribution in [0.5, 0.6) is 0 Å². The average molecular weight is 236 g/mol. The fraction of sp³-hybridized carbons (Fsp3) is 0.462. The lowest BCUT2D eigenvalue weighted by atomic mass is 10.2. The van der Waals surface area contributed by atoms with Crippen LogP contribution in [0.15, 0.2) is 18.2 Å². The van der Waals surface area contributed by atoms with Gasteiger partial charge in [0.05, 0.1) is 0 Å². The monoisotopic (exact) mass is 236 g/mol. The van der Waals surface area contributed by atoms with Gasteiger partial charge in [0.25, 0.3) is 0 Å². The minimum absolute atomic E-state index is 0.00511. The zero-order chi connectivity index (χ0) is 12.4. The van der Waals surface area contributed by atoms with Crippen molar-refractivity contribution in [2.75, 3.05) is 5.32 Å². The number of amides is 1. The lowest BCUT2D eigenvalue weighted by Crippen LogP contribution is -2.38. The number of anilines is 1. The summed E-state index contributed by atoms with van der Waals surface area (Å²) in [6, 6.07) is 4.81. The van der Waals surface area contributed by atoms with E-state index in [1.165, 1.54) is 6.07 Å². The number of hydrogen-bond donors (Lipinski definition) is 2. The van der Waals surface area contributed by atoms with E-state index in [4.69, 9.17) is 0 Å². The van der Waals surface area contributed by atoms with Gasteiger partial charge >= 0.3 is 0 Å². The molecule has 0 radical (unpaired) electrons. The Morgan fingerprint density at radius 3 is 2.76 bits per heavy atom. The van der Waals surface area contributed by atoms with Gasteiger partial charge in [-0.25, -0.2) is 4.39 Å². The molecule has 2 rings (SSSR count). The highest BCUT2D eigenvalue weighted by Crippen LogP contribution is 2.19. The van der Waals surface area contributed by atoms with Gasteiger partial charge in [0.2, 0.25) is 5.91 Å². The predicted octanol–water partition coefficient (Wildman–Crippen LogP) is 2.21. The minimum atomic E-state index is -0.305. The summed E-state index contributed by atoms with van der Waals surface area (Å²) in [6.45, 7) is 3.51. The first-order chi connectivity index (χ1) is 8.06. The highest BCUT2D eigenvalue weighted by Gasteiger charge is 2.25. The number of aryl methyl sites for hydroxylation is 1. The molecule has 1 aromatic rings. The zero-order valence-electron chi connectivity index (χ0n) is 10.1. The second kappa shape index (κ2) is 4.73. The maximum atomic E-state index is 13.1. The van der Waals surface area contributed by atoms with Gasteiger partial charge in [-0.1, -0.05) is 0 Å². The van der Waals surface area contributed by atoms with Crippen molar-refractivity contribution in [3.05, 3.63) is 29.6 Å². The van der Waals surface area contributed by atoms with Crippen molar-refractivity contribution in [1.29, 1.82) is 0 Å². The van der Waals surface area contributed by atoms with E-state index in [1.54, 1.807) is 26.0 Å². The first-order valence-electron chi connectivity index (χ1n) is 5.89. The molecule has 0 bridgehead atoms. The largest absolute Gasteiger partial charge is 0.374 e. The molecule has 1 atom stereocenters.